The third-order valence-electron chi connectivity index (χ3n) is 6.44. The number of rotatable bonds is 7. The molecular weight excluding hydrogens is 436 g/mol. The first kappa shape index (κ1) is 22.6. The second-order valence-corrected chi connectivity index (χ2v) is 8.83. The van der Waals surface area contributed by atoms with Crippen LogP contribution < -0.4 is 10.6 Å². The predicted molar refractivity (Wildman–Crippen MR) is 136 cm³/mol. The van der Waals surface area contributed by atoms with Gasteiger partial charge in [-0.25, -0.2) is 0 Å². The summed E-state index contributed by atoms with van der Waals surface area (Å²) in [7, 11) is 0. The maximum Gasteiger partial charge on any atom is 0.251 e. The van der Waals surface area contributed by atoms with Gasteiger partial charge in [0.25, 0.3) is 5.91 Å². The van der Waals surface area contributed by atoms with Gasteiger partial charge in [-0.2, -0.15) is 5.10 Å². The number of carbonyl (C=O) groups excluding carboxylic acids is 2. The number of nitrogens with one attached hydrogen (secondary N) is 2. The zero-order chi connectivity index (χ0) is 24.0. The molecule has 5 rings (SSSR count). The zero-order valence-corrected chi connectivity index (χ0v) is 19.5. The van der Waals surface area contributed by atoms with Gasteiger partial charge in [-0.3, -0.25) is 14.3 Å². The number of hydrogen-bond acceptors (Lipinski definition) is 3. The van der Waals surface area contributed by atoms with Crippen molar-refractivity contribution in [1.29, 1.82) is 0 Å². The third kappa shape index (κ3) is 5.32. The first-order chi connectivity index (χ1) is 17.2. The molecule has 0 saturated heterocycles. The summed E-state index contributed by atoms with van der Waals surface area (Å²) >= 11 is 0. The molecule has 2 amide bonds. The van der Waals surface area contributed by atoms with Gasteiger partial charge in [0.05, 0.1) is 25.3 Å². The van der Waals surface area contributed by atoms with Crippen molar-refractivity contribution in [3.05, 3.63) is 114 Å². The van der Waals surface area contributed by atoms with Gasteiger partial charge >= 0.3 is 0 Å². The van der Waals surface area contributed by atoms with Crippen LogP contribution in [-0.4, -0.2) is 28.1 Å². The van der Waals surface area contributed by atoms with E-state index in [1.54, 1.807) is 12.1 Å². The number of hydrogen-bond donors (Lipinski definition) is 2. The molecule has 1 aromatic heterocycles. The van der Waals surface area contributed by atoms with Crippen molar-refractivity contribution in [3.8, 4) is 11.1 Å². The average Bonchev–Trinajstić information content (AvgIpc) is 3.32. The summed E-state index contributed by atoms with van der Waals surface area (Å²) in [4.78, 5) is 25.2. The Balaban J connectivity index is 1.17. The Labute approximate surface area is 205 Å². The van der Waals surface area contributed by atoms with Crippen molar-refractivity contribution < 1.29 is 9.59 Å². The number of amides is 2. The molecule has 0 spiro atoms. The van der Waals surface area contributed by atoms with Crippen molar-refractivity contribution in [1.82, 2.24) is 20.4 Å². The fraction of sp³-hybridized carbons (Fsp3) is 0.207. The van der Waals surface area contributed by atoms with Crippen LogP contribution in [0.2, 0.25) is 0 Å². The number of fused-ring (bicyclic) bond motifs is 1. The molecule has 3 aromatic carbocycles. The first-order valence-corrected chi connectivity index (χ1v) is 12.0. The molecule has 0 saturated carbocycles. The predicted octanol–water partition coefficient (Wildman–Crippen LogP) is 4.52. The monoisotopic (exact) mass is 464 g/mol. The minimum atomic E-state index is -0.264. The number of aromatic nitrogens is 2. The molecule has 0 fully saturated rings. The summed E-state index contributed by atoms with van der Waals surface area (Å²) < 4.78 is 2.03. The molecule has 4 aromatic rings. The van der Waals surface area contributed by atoms with Gasteiger partial charge in [0.2, 0.25) is 5.91 Å². The molecule has 6 heteroatoms. The average molecular weight is 465 g/mol. The van der Waals surface area contributed by atoms with E-state index in [9.17, 15) is 9.59 Å². The topological polar surface area (TPSA) is 76.0 Å². The molecule has 176 valence electrons. The number of benzene rings is 3. The fourth-order valence-corrected chi connectivity index (χ4v) is 4.61. The minimum Gasteiger partial charge on any atom is -0.348 e. The Hall–Kier alpha value is -4.19. The Bertz CT molecular complexity index is 1300. The summed E-state index contributed by atoms with van der Waals surface area (Å²) in [5.74, 6) is -0.465. The second kappa shape index (κ2) is 10.4. The standard InChI is InChI=1S/C29H28N4O2/c34-28(19-30-29(35)24-16-14-23(15-17-24)22-10-5-2-6-11-22)32-26-12-7-13-27-25(26)18-31-33(27)20-21-8-3-1-4-9-21/h1-6,8-11,14-18,26H,7,12-13,19-20H2,(H,30,35)(H,32,34). The van der Waals surface area contributed by atoms with E-state index in [4.69, 9.17) is 0 Å². The molecule has 0 bridgehead atoms. The summed E-state index contributed by atoms with van der Waals surface area (Å²) in [6.45, 7) is 0.652. The molecular formula is C29H28N4O2. The van der Waals surface area contributed by atoms with Crippen molar-refractivity contribution >= 4 is 11.8 Å². The van der Waals surface area contributed by atoms with E-state index in [0.29, 0.717) is 5.56 Å². The lowest BCUT2D eigenvalue weighted by Gasteiger charge is -2.24. The SMILES string of the molecule is O=C(CNC(=O)c1ccc(-c2ccccc2)cc1)NC1CCCc2c1cnn2Cc1ccccc1. The molecule has 0 aliphatic heterocycles. The van der Waals surface area contributed by atoms with Crippen LogP contribution in [0.4, 0.5) is 0 Å². The van der Waals surface area contributed by atoms with Crippen molar-refractivity contribution in [3.63, 3.8) is 0 Å². The molecule has 1 heterocycles. The van der Waals surface area contributed by atoms with Gasteiger partial charge in [-0.15, -0.1) is 0 Å². The maximum absolute atomic E-state index is 12.6. The Morgan fingerprint density at radius 3 is 2.31 bits per heavy atom. The van der Waals surface area contributed by atoms with Gasteiger partial charge in [0.1, 0.15) is 0 Å². The maximum atomic E-state index is 12.6. The lowest BCUT2D eigenvalue weighted by molar-refractivity contribution is -0.121. The number of carbonyl (C=O) groups is 2. The highest BCUT2D eigenvalue weighted by atomic mass is 16.2. The summed E-state index contributed by atoms with van der Waals surface area (Å²) in [5, 5.41) is 10.4. The van der Waals surface area contributed by atoms with Crippen LogP contribution in [0, 0.1) is 0 Å². The Morgan fingerprint density at radius 1 is 0.886 bits per heavy atom. The van der Waals surface area contributed by atoms with E-state index in [0.717, 1.165) is 42.5 Å². The molecule has 1 unspecified atom stereocenters. The van der Waals surface area contributed by atoms with E-state index >= 15 is 0 Å². The van der Waals surface area contributed by atoms with Crippen molar-refractivity contribution in [2.75, 3.05) is 6.54 Å². The zero-order valence-electron chi connectivity index (χ0n) is 19.5. The Kier molecular flexibility index (Phi) is 6.70. The number of nitrogens with zero attached hydrogens (tertiary/aromatic N) is 2. The van der Waals surface area contributed by atoms with Crippen LogP contribution in [0.3, 0.4) is 0 Å². The van der Waals surface area contributed by atoms with E-state index in [-0.39, 0.29) is 24.4 Å². The summed E-state index contributed by atoms with van der Waals surface area (Å²) in [5.41, 5.74) is 6.11. The van der Waals surface area contributed by atoms with Crippen LogP contribution >= 0.6 is 0 Å². The van der Waals surface area contributed by atoms with Crippen molar-refractivity contribution in [2.45, 2.75) is 31.8 Å². The van der Waals surface area contributed by atoms with Gasteiger partial charge in [-0.05, 0) is 48.1 Å². The van der Waals surface area contributed by atoms with Gasteiger partial charge < -0.3 is 10.6 Å². The smallest absolute Gasteiger partial charge is 0.251 e. The van der Waals surface area contributed by atoms with Crippen LogP contribution in [0.1, 0.15) is 46.1 Å². The van der Waals surface area contributed by atoms with Crippen LogP contribution in [0.15, 0.2) is 91.1 Å². The van der Waals surface area contributed by atoms with Gasteiger partial charge in [-0.1, -0.05) is 72.8 Å². The van der Waals surface area contributed by atoms with E-state index in [2.05, 4.69) is 27.9 Å². The van der Waals surface area contributed by atoms with Gasteiger partial charge in [0, 0.05) is 16.8 Å². The third-order valence-corrected chi connectivity index (χ3v) is 6.44. The first-order valence-electron chi connectivity index (χ1n) is 12.0. The van der Waals surface area contributed by atoms with Crippen LogP contribution in [0.5, 0.6) is 0 Å². The van der Waals surface area contributed by atoms with E-state index in [1.807, 2.05) is 71.5 Å². The minimum absolute atomic E-state index is 0.0662. The largest absolute Gasteiger partial charge is 0.348 e. The lowest BCUT2D eigenvalue weighted by Crippen LogP contribution is -2.39. The normalized spacial score (nSPS) is 14.7. The highest BCUT2D eigenvalue weighted by molar-refractivity contribution is 5.96. The lowest BCUT2D eigenvalue weighted by atomic mass is 9.93. The van der Waals surface area contributed by atoms with E-state index in [1.165, 1.54) is 11.3 Å². The van der Waals surface area contributed by atoms with Crippen LogP contribution in [-0.2, 0) is 17.8 Å². The van der Waals surface area contributed by atoms with Crippen LogP contribution in [0.25, 0.3) is 11.1 Å². The summed E-state index contributed by atoms with van der Waals surface area (Å²) in [6.07, 6.45) is 4.67. The van der Waals surface area contributed by atoms with E-state index < -0.39 is 0 Å². The van der Waals surface area contributed by atoms with Gasteiger partial charge in [0.15, 0.2) is 0 Å². The molecule has 1 atom stereocenters. The Morgan fingerprint density at radius 2 is 1.57 bits per heavy atom. The molecule has 6 nitrogen and oxygen atoms in total. The summed E-state index contributed by atoms with van der Waals surface area (Å²) in [6, 6.07) is 27.6. The second-order valence-electron chi connectivity index (χ2n) is 8.83. The van der Waals surface area contributed by atoms with Crippen molar-refractivity contribution in [2.24, 2.45) is 0 Å². The molecule has 2 N–H and O–H groups in total. The fourth-order valence-electron chi connectivity index (χ4n) is 4.61. The molecule has 1 aliphatic rings. The molecule has 0 radical (unpaired) electrons. The quantitative estimate of drug-likeness (QED) is 0.422. The molecule has 1 aliphatic carbocycles. The highest BCUT2D eigenvalue weighted by Gasteiger charge is 2.25. The highest BCUT2D eigenvalue weighted by Crippen LogP contribution is 2.30. The molecule has 35 heavy (non-hydrogen) atoms.